The molecule has 192 valence electrons. The maximum Gasteiger partial charge on any atom is 0.300 e. The Morgan fingerprint density at radius 3 is 2.42 bits per heavy atom. The minimum Gasteiger partial charge on any atom is -0.507 e. The largest absolute Gasteiger partial charge is 0.507 e. The summed E-state index contributed by atoms with van der Waals surface area (Å²) in [5.74, 6) is -0.762. The molecule has 2 heterocycles. The van der Waals surface area contributed by atoms with E-state index in [1.807, 2.05) is 54.8 Å². The molecule has 0 bridgehead atoms. The van der Waals surface area contributed by atoms with E-state index in [-0.39, 0.29) is 11.3 Å². The van der Waals surface area contributed by atoms with Gasteiger partial charge >= 0.3 is 0 Å². The number of amides is 1. The molecule has 1 unspecified atom stereocenters. The van der Waals surface area contributed by atoms with Crippen molar-refractivity contribution in [1.82, 2.24) is 0 Å². The number of aliphatic hydroxyl groups excluding tert-OH is 1. The zero-order valence-electron chi connectivity index (χ0n) is 20.5. The Morgan fingerprint density at radius 2 is 1.74 bits per heavy atom. The van der Waals surface area contributed by atoms with E-state index < -0.39 is 17.7 Å². The van der Waals surface area contributed by atoms with Crippen molar-refractivity contribution in [3.05, 3.63) is 117 Å². The molecule has 6 nitrogen and oxygen atoms in total. The van der Waals surface area contributed by atoms with Gasteiger partial charge in [0.2, 0.25) is 0 Å². The summed E-state index contributed by atoms with van der Waals surface area (Å²) >= 11 is 7.61. The summed E-state index contributed by atoms with van der Waals surface area (Å²) in [5, 5.41) is 13.6. The van der Waals surface area contributed by atoms with Crippen LogP contribution in [0.5, 0.6) is 11.5 Å². The molecule has 38 heavy (non-hydrogen) atoms. The summed E-state index contributed by atoms with van der Waals surface area (Å²) in [5.41, 5.74) is 1.89. The second-order valence-electron chi connectivity index (χ2n) is 8.53. The summed E-state index contributed by atoms with van der Waals surface area (Å²) in [6.07, 6.45) is 0. The molecule has 1 fully saturated rings. The number of hydrogen-bond donors (Lipinski definition) is 1. The normalized spacial score (nSPS) is 16.6. The quantitative estimate of drug-likeness (QED) is 0.146. The first kappa shape index (κ1) is 25.6. The van der Waals surface area contributed by atoms with E-state index >= 15 is 0 Å². The van der Waals surface area contributed by atoms with Gasteiger partial charge in [-0.2, -0.15) is 0 Å². The number of nitrogens with zero attached hydrogens (tertiary/aromatic N) is 1. The van der Waals surface area contributed by atoms with E-state index in [1.165, 1.54) is 16.2 Å². The van der Waals surface area contributed by atoms with Gasteiger partial charge in [0.25, 0.3) is 11.7 Å². The Bertz CT molecular complexity index is 1480. The van der Waals surface area contributed by atoms with E-state index in [9.17, 15) is 14.7 Å². The van der Waals surface area contributed by atoms with Crippen LogP contribution in [0.25, 0.3) is 5.76 Å². The highest BCUT2D eigenvalue weighted by atomic mass is 35.5. The number of rotatable bonds is 8. The van der Waals surface area contributed by atoms with Gasteiger partial charge in [-0.25, -0.2) is 0 Å². The van der Waals surface area contributed by atoms with Gasteiger partial charge in [-0.1, -0.05) is 48.0 Å². The fourth-order valence-electron chi connectivity index (χ4n) is 4.33. The number of benzene rings is 3. The minimum atomic E-state index is -0.794. The van der Waals surface area contributed by atoms with Crippen LogP contribution in [0.2, 0.25) is 5.02 Å². The molecule has 1 aliphatic heterocycles. The smallest absolute Gasteiger partial charge is 0.300 e. The Balaban J connectivity index is 1.50. The van der Waals surface area contributed by atoms with E-state index in [4.69, 9.17) is 21.1 Å². The van der Waals surface area contributed by atoms with Crippen LogP contribution in [0.15, 0.2) is 95.9 Å². The zero-order valence-corrected chi connectivity index (χ0v) is 22.0. The van der Waals surface area contributed by atoms with Crippen molar-refractivity contribution in [2.24, 2.45) is 0 Å². The predicted octanol–water partition coefficient (Wildman–Crippen LogP) is 7.01. The summed E-state index contributed by atoms with van der Waals surface area (Å²) in [6.45, 7) is 2.61. The standard InChI is InChI=1S/C30H24ClNO5S/c1-2-36-24-17-20(10-15-23(24)31)28(33)26-27(25-9-6-16-38-25)32(30(35)29(26)34)21-11-13-22(14-12-21)37-18-19-7-4-3-5-8-19/h3-17,27,33H,2,18H2,1H3/b28-26-. The maximum atomic E-state index is 13.3. The van der Waals surface area contributed by atoms with E-state index in [2.05, 4.69) is 0 Å². The zero-order chi connectivity index (χ0) is 26.6. The lowest BCUT2D eigenvalue weighted by atomic mass is 9.99. The average Bonchev–Trinajstić information content (AvgIpc) is 3.56. The van der Waals surface area contributed by atoms with Crippen LogP contribution < -0.4 is 14.4 Å². The number of aliphatic hydroxyl groups is 1. The molecule has 0 saturated carbocycles. The molecule has 0 radical (unpaired) electrons. The molecule has 3 aromatic carbocycles. The van der Waals surface area contributed by atoms with E-state index in [0.717, 1.165) is 10.4 Å². The lowest BCUT2D eigenvalue weighted by molar-refractivity contribution is -0.132. The van der Waals surface area contributed by atoms with Crippen molar-refractivity contribution in [3.8, 4) is 11.5 Å². The molecule has 5 rings (SSSR count). The highest BCUT2D eigenvalue weighted by Crippen LogP contribution is 2.44. The molecule has 1 aromatic heterocycles. The van der Waals surface area contributed by atoms with Crippen molar-refractivity contribution in [1.29, 1.82) is 0 Å². The van der Waals surface area contributed by atoms with E-state index in [1.54, 1.807) is 42.5 Å². The number of ether oxygens (including phenoxy) is 2. The second-order valence-corrected chi connectivity index (χ2v) is 9.92. The first-order valence-corrected chi connectivity index (χ1v) is 13.3. The fourth-order valence-corrected chi connectivity index (χ4v) is 5.33. The molecule has 0 aliphatic carbocycles. The number of thiophene rings is 1. The minimum absolute atomic E-state index is 0.00613. The van der Waals surface area contributed by atoms with Gasteiger partial charge in [0.15, 0.2) is 0 Å². The van der Waals surface area contributed by atoms with Crippen molar-refractivity contribution in [2.45, 2.75) is 19.6 Å². The van der Waals surface area contributed by atoms with Crippen molar-refractivity contribution >= 4 is 46.1 Å². The van der Waals surface area contributed by atoms with Crippen molar-refractivity contribution < 1.29 is 24.2 Å². The Hall–Kier alpha value is -4.07. The van der Waals surface area contributed by atoms with Crippen LogP contribution in [0.1, 0.15) is 29.0 Å². The van der Waals surface area contributed by atoms with Gasteiger partial charge < -0.3 is 14.6 Å². The van der Waals surface area contributed by atoms with Crippen LogP contribution >= 0.6 is 22.9 Å². The van der Waals surface area contributed by atoms with Crippen LogP contribution in [-0.4, -0.2) is 23.4 Å². The van der Waals surface area contributed by atoms with Crippen LogP contribution in [0.3, 0.4) is 0 Å². The molecule has 0 spiro atoms. The highest BCUT2D eigenvalue weighted by molar-refractivity contribution is 7.10. The average molecular weight is 546 g/mol. The number of halogens is 1. The van der Waals surface area contributed by atoms with Gasteiger partial charge in [-0.3, -0.25) is 14.5 Å². The first-order valence-electron chi connectivity index (χ1n) is 12.0. The lowest BCUT2D eigenvalue weighted by Crippen LogP contribution is -2.29. The third-order valence-corrected chi connectivity index (χ3v) is 7.36. The lowest BCUT2D eigenvalue weighted by Gasteiger charge is -2.24. The Kier molecular flexibility index (Phi) is 7.49. The molecule has 1 amide bonds. The maximum absolute atomic E-state index is 13.3. The summed E-state index contributed by atoms with van der Waals surface area (Å²) < 4.78 is 11.4. The fraction of sp³-hybridized carbons (Fsp3) is 0.133. The summed E-state index contributed by atoms with van der Waals surface area (Å²) in [6, 6.07) is 24.4. The molecular weight excluding hydrogens is 522 g/mol. The van der Waals surface area contributed by atoms with Crippen LogP contribution in [0.4, 0.5) is 5.69 Å². The number of carbonyl (C=O) groups is 2. The SMILES string of the molecule is CCOc1cc(/C(O)=C2/C(=O)C(=O)N(c3ccc(OCc4ccccc4)cc3)C2c2cccs2)ccc1Cl. The number of Topliss-reactive ketones (excluding diaryl/α,β-unsaturated/α-hetero) is 1. The molecule has 8 heteroatoms. The summed E-state index contributed by atoms with van der Waals surface area (Å²) in [7, 11) is 0. The van der Waals surface area contributed by atoms with E-state index in [0.29, 0.717) is 41.0 Å². The molecule has 1 saturated heterocycles. The van der Waals surface area contributed by atoms with Crippen LogP contribution in [0, 0.1) is 0 Å². The Morgan fingerprint density at radius 1 is 0.974 bits per heavy atom. The third kappa shape index (κ3) is 5.03. The molecule has 1 aliphatic rings. The highest BCUT2D eigenvalue weighted by Gasteiger charge is 2.47. The molecule has 1 N–H and O–H groups in total. The monoisotopic (exact) mass is 545 g/mol. The van der Waals surface area contributed by atoms with Crippen molar-refractivity contribution in [3.63, 3.8) is 0 Å². The van der Waals surface area contributed by atoms with Gasteiger partial charge in [0.05, 0.1) is 17.2 Å². The van der Waals surface area contributed by atoms with Gasteiger partial charge in [0.1, 0.15) is 29.9 Å². The number of anilines is 1. The number of ketones is 1. The number of carbonyl (C=O) groups excluding carboxylic acids is 2. The van der Waals surface area contributed by atoms with Crippen molar-refractivity contribution in [2.75, 3.05) is 11.5 Å². The molecule has 4 aromatic rings. The van der Waals surface area contributed by atoms with Crippen LogP contribution in [-0.2, 0) is 16.2 Å². The van der Waals surface area contributed by atoms with Gasteiger partial charge in [-0.15, -0.1) is 11.3 Å². The van der Waals surface area contributed by atoms with Gasteiger partial charge in [-0.05, 0) is 66.4 Å². The van der Waals surface area contributed by atoms with Gasteiger partial charge in [0, 0.05) is 16.1 Å². The number of hydrogen-bond acceptors (Lipinski definition) is 6. The second kappa shape index (κ2) is 11.1. The molecule has 1 atom stereocenters. The topological polar surface area (TPSA) is 76.1 Å². The first-order chi connectivity index (χ1) is 18.5. The Labute approximate surface area is 229 Å². The third-order valence-electron chi connectivity index (χ3n) is 6.12. The molecular formula is C30H24ClNO5S. The summed E-state index contributed by atoms with van der Waals surface area (Å²) in [4.78, 5) is 28.8. The predicted molar refractivity (Wildman–Crippen MR) is 149 cm³/mol.